The van der Waals surface area contributed by atoms with Gasteiger partial charge in [-0.15, -0.1) is 0 Å². The number of halogens is 1. The van der Waals surface area contributed by atoms with Crippen LogP contribution in [0.4, 0.5) is 0 Å². The van der Waals surface area contributed by atoms with Crippen molar-refractivity contribution in [2.75, 3.05) is 13.2 Å². The lowest BCUT2D eigenvalue weighted by Gasteiger charge is -2.26. The van der Waals surface area contributed by atoms with Gasteiger partial charge in [-0.25, -0.2) is 9.79 Å². The Hall–Kier alpha value is -4.85. The Kier molecular flexibility index (Phi) is 10.5. The summed E-state index contributed by atoms with van der Waals surface area (Å²) in [7, 11) is 0. The predicted molar refractivity (Wildman–Crippen MR) is 181 cm³/mol. The first-order valence-corrected chi connectivity index (χ1v) is 16.4. The minimum absolute atomic E-state index is 0.136. The van der Waals surface area contributed by atoms with Crippen LogP contribution in [-0.4, -0.2) is 29.9 Å². The van der Waals surface area contributed by atoms with Crippen LogP contribution >= 0.6 is 22.9 Å². The van der Waals surface area contributed by atoms with E-state index in [0.717, 1.165) is 5.56 Å². The van der Waals surface area contributed by atoms with Crippen molar-refractivity contribution in [3.05, 3.63) is 119 Å². The fourth-order valence-electron chi connectivity index (χ4n) is 5.21. The highest BCUT2D eigenvalue weighted by molar-refractivity contribution is 7.07. The fourth-order valence-corrected chi connectivity index (χ4v) is 6.53. The molecule has 1 aliphatic heterocycles. The second kappa shape index (κ2) is 14.7. The van der Waals surface area contributed by atoms with Crippen LogP contribution in [0.5, 0.6) is 17.2 Å². The lowest BCUT2D eigenvalue weighted by molar-refractivity contribution is -0.139. The minimum Gasteiger partial charge on any atom is -0.491 e. The molecule has 2 heterocycles. The van der Waals surface area contributed by atoms with Crippen molar-refractivity contribution < 1.29 is 23.7 Å². The third-order valence-corrected chi connectivity index (χ3v) is 8.45. The number of esters is 1. The highest BCUT2D eigenvalue weighted by Gasteiger charge is 2.35. The standard InChI is InChI=1S/C36H34ClN3O6S/c1-6-43-29-17-25(16-27(37)33(29)45-20-24-14-12-23(19-38)13-15-24)18-30-34(41)40-32(26-10-8-9-11-28(26)46-21(3)4)31(35(42)44-7-2)22(5)39-36(40)47-30/h8-18,21,32H,6-7,20H2,1-5H3/b30-18-/t32-/m1/s1. The predicted octanol–water partition coefficient (Wildman–Crippen LogP) is 6.09. The number of allylic oxidation sites excluding steroid dienone is 1. The van der Waals surface area contributed by atoms with Gasteiger partial charge >= 0.3 is 5.97 Å². The van der Waals surface area contributed by atoms with Gasteiger partial charge in [-0.05, 0) is 82.2 Å². The van der Waals surface area contributed by atoms with Gasteiger partial charge in [0.15, 0.2) is 16.3 Å². The average molecular weight is 672 g/mol. The van der Waals surface area contributed by atoms with Crippen molar-refractivity contribution >= 4 is 35.0 Å². The van der Waals surface area contributed by atoms with Gasteiger partial charge < -0.3 is 18.9 Å². The van der Waals surface area contributed by atoms with E-state index in [2.05, 4.69) is 11.1 Å². The Morgan fingerprint density at radius 3 is 2.51 bits per heavy atom. The molecule has 0 unspecified atom stereocenters. The maximum absolute atomic E-state index is 14.2. The van der Waals surface area contributed by atoms with Crippen molar-refractivity contribution in [1.82, 2.24) is 4.57 Å². The molecule has 1 aromatic heterocycles. The van der Waals surface area contributed by atoms with Crippen molar-refractivity contribution in [1.29, 1.82) is 5.26 Å². The molecule has 0 fully saturated rings. The number of nitrogens with zero attached hydrogens (tertiary/aromatic N) is 3. The molecule has 0 saturated carbocycles. The van der Waals surface area contributed by atoms with Gasteiger partial charge in [0.05, 0.1) is 51.8 Å². The first-order chi connectivity index (χ1) is 22.6. The van der Waals surface area contributed by atoms with Crippen LogP contribution < -0.4 is 29.1 Å². The maximum Gasteiger partial charge on any atom is 0.338 e. The number of rotatable bonds is 11. The number of aromatic nitrogens is 1. The van der Waals surface area contributed by atoms with Crippen molar-refractivity contribution in [2.24, 2.45) is 4.99 Å². The second-order valence-corrected chi connectivity index (χ2v) is 12.3. The van der Waals surface area contributed by atoms with Crippen LogP contribution in [0.1, 0.15) is 62.9 Å². The largest absolute Gasteiger partial charge is 0.491 e. The minimum atomic E-state index is -0.817. The SMILES string of the molecule is CCOC(=O)C1=C(C)N=c2s/c(=C\c3cc(Cl)c(OCc4ccc(C#N)cc4)c(OCC)c3)c(=O)n2[C@@H]1c1ccccc1OC(C)C. The molecule has 242 valence electrons. The monoisotopic (exact) mass is 671 g/mol. The molecule has 4 aromatic rings. The number of nitriles is 1. The quantitative estimate of drug-likeness (QED) is 0.178. The molecular formula is C36H34ClN3O6S. The van der Waals surface area contributed by atoms with E-state index < -0.39 is 12.0 Å². The Morgan fingerprint density at radius 1 is 1.09 bits per heavy atom. The maximum atomic E-state index is 14.2. The average Bonchev–Trinajstić information content (AvgIpc) is 3.34. The molecule has 3 aromatic carbocycles. The lowest BCUT2D eigenvalue weighted by atomic mass is 9.95. The zero-order chi connectivity index (χ0) is 33.7. The topological polar surface area (TPSA) is 112 Å². The van der Waals surface area contributed by atoms with Crippen LogP contribution in [-0.2, 0) is 16.1 Å². The summed E-state index contributed by atoms with van der Waals surface area (Å²) >= 11 is 7.93. The fraction of sp³-hybridized carbons (Fsp3) is 0.278. The van der Waals surface area contributed by atoms with Crippen LogP contribution in [0.15, 0.2) is 81.7 Å². The molecule has 1 atom stereocenters. The van der Waals surface area contributed by atoms with E-state index in [1.165, 1.54) is 15.9 Å². The molecule has 11 heteroatoms. The summed E-state index contributed by atoms with van der Waals surface area (Å²) in [5.74, 6) is 0.805. The highest BCUT2D eigenvalue weighted by atomic mass is 35.5. The lowest BCUT2D eigenvalue weighted by Crippen LogP contribution is -2.40. The molecule has 47 heavy (non-hydrogen) atoms. The molecule has 0 saturated heterocycles. The molecule has 0 radical (unpaired) electrons. The van der Waals surface area contributed by atoms with E-state index >= 15 is 0 Å². The summed E-state index contributed by atoms with van der Waals surface area (Å²) < 4.78 is 25.4. The number of carbonyl (C=O) groups excluding carboxylic acids is 1. The van der Waals surface area contributed by atoms with Crippen LogP contribution in [0.2, 0.25) is 5.02 Å². The summed E-state index contributed by atoms with van der Waals surface area (Å²) in [5, 5.41) is 9.37. The molecule has 0 amide bonds. The molecule has 0 spiro atoms. The molecule has 0 bridgehead atoms. The molecular weight excluding hydrogens is 638 g/mol. The first-order valence-electron chi connectivity index (χ1n) is 15.2. The van der Waals surface area contributed by atoms with E-state index in [-0.39, 0.29) is 30.5 Å². The Balaban J connectivity index is 1.60. The number of hydrogen-bond acceptors (Lipinski definition) is 9. The van der Waals surface area contributed by atoms with Gasteiger partial charge in [-0.3, -0.25) is 9.36 Å². The third-order valence-electron chi connectivity index (χ3n) is 7.19. The number of carbonyl (C=O) groups is 1. The number of benzene rings is 3. The molecule has 9 nitrogen and oxygen atoms in total. The van der Waals surface area contributed by atoms with Gasteiger partial charge in [0.1, 0.15) is 18.4 Å². The smallest absolute Gasteiger partial charge is 0.338 e. The third kappa shape index (κ3) is 7.27. The van der Waals surface area contributed by atoms with Crippen LogP contribution in [0.3, 0.4) is 0 Å². The zero-order valence-corrected chi connectivity index (χ0v) is 28.3. The normalized spacial score (nSPS) is 14.3. The van der Waals surface area contributed by atoms with Gasteiger partial charge in [0.2, 0.25) is 0 Å². The number of thiazole rings is 1. The van der Waals surface area contributed by atoms with E-state index in [0.29, 0.717) is 60.6 Å². The van der Waals surface area contributed by atoms with Crippen LogP contribution in [0.25, 0.3) is 6.08 Å². The Labute approximate surface area is 281 Å². The van der Waals surface area contributed by atoms with Crippen molar-refractivity contribution in [3.63, 3.8) is 0 Å². The second-order valence-electron chi connectivity index (χ2n) is 10.9. The van der Waals surface area contributed by atoms with E-state index in [1.807, 2.05) is 57.2 Å². The van der Waals surface area contributed by atoms with Gasteiger partial charge in [-0.1, -0.05) is 53.3 Å². The van der Waals surface area contributed by atoms with Crippen molar-refractivity contribution in [3.8, 4) is 23.3 Å². The number of hydrogen-bond donors (Lipinski definition) is 0. The van der Waals surface area contributed by atoms with E-state index in [4.69, 9.17) is 35.8 Å². The van der Waals surface area contributed by atoms with Crippen molar-refractivity contribution in [2.45, 2.75) is 53.4 Å². The van der Waals surface area contributed by atoms with E-state index in [1.54, 1.807) is 44.2 Å². The Bertz CT molecular complexity index is 2060. The van der Waals surface area contributed by atoms with Crippen LogP contribution in [0, 0.1) is 11.3 Å². The summed E-state index contributed by atoms with van der Waals surface area (Å²) in [6.45, 7) is 9.92. The molecule has 5 rings (SSSR count). The van der Waals surface area contributed by atoms with Gasteiger partial charge in [-0.2, -0.15) is 5.26 Å². The molecule has 0 aliphatic carbocycles. The summed E-state index contributed by atoms with van der Waals surface area (Å²) in [4.78, 5) is 32.6. The number of ether oxygens (including phenoxy) is 4. The van der Waals surface area contributed by atoms with E-state index in [9.17, 15) is 9.59 Å². The van der Waals surface area contributed by atoms with Gasteiger partial charge in [0, 0.05) is 5.56 Å². The highest BCUT2D eigenvalue weighted by Crippen LogP contribution is 2.38. The molecule has 1 aliphatic rings. The number of fused-ring (bicyclic) bond motifs is 1. The Morgan fingerprint density at radius 2 is 1.83 bits per heavy atom. The zero-order valence-electron chi connectivity index (χ0n) is 26.7. The molecule has 0 N–H and O–H groups in total. The first kappa shape index (κ1) is 33.5. The summed E-state index contributed by atoms with van der Waals surface area (Å²) in [5.41, 5.74) is 3.10. The van der Waals surface area contributed by atoms with Gasteiger partial charge in [0.25, 0.3) is 5.56 Å². The summed E-state index contributed by atoms with van der Waals surface area (Å²) in [6.07, 6.45) is 1.59. The number of para-hydroxylation sites is 1. The summed E-state index contributed by atoms with van der Waals surface area (Å²) in [6, 6.07) is 19.2.